The molecule has 1 saturated heterocycles. The summed E-state index contributed by atoms with van der Waals surface area (Å²) in [7, 11) is 2.87. The van der Waals surface area contributed by atoms with Crippen molar-refractivity contribution in [2.24, 2.45) is 11.8 Å². The summed E-state index contributed by atoms with van der Waals surface area (Å²) in [4.78, 5) is 6.32. The third kappa shape index (κ3) is 3.89. The summed E-state index contributed by atoms with van der Waals surface area (Å²) in [5.74, 6) is -1.31. The Morgan fingerprint density at radius 1 is 1.15 bits per heavy atom. The zero-order chi connectivity index (χ0) is 28.9. The van der Waals surface area contributed by atoms with Crippen LogP contribution in [-0.2, 0) is 11.2 Å². The average Bonchev–Trinajstić information content (AvgIpc) is 3.35. The standard InChI is InChI=1S/C30H30F2N4O5/c1-39-23-12-22-25(28(34-23)40-2)29(37)26(35-38)21(16-36-14-19(15-36)27(31)32)24(18-6-4-3-5-7-18)30(29,41-22)20-10-8-17(13-33)9-11-20/h3-12,19,21,24,26-27,35,37-38H,14-16H2,1-2H3/t21-,24-,26-,29+,30+/m1/s1. The molecule has 2 aromatic carbocycles. The molecule has 0 unspecified atom stereocenters. The first-order chi connectivity index (χ1) is 19.8. The molecule has 9 nitrogen and oxygen atoms in total. The fourth-order valence-corrected chi connectivity index (χ4v) is 7.10. The maximum Gasteiger partial charge on any atom is 0.243 e. The number of aliphatic hydroxyl groups is 1. The largest absolute Gasteiger partial charge is 0.481 e. The van der Waals surface area contributed by atoms with Gasteiger partial charge in [-0.1, -0.05) is 42.5 Å². The molecule has 3 N–H and O–H groups in total. The predicted molar refractivity (Wildman–Crippen MR) is 142 cm³/mol. The molecule has 1 saturated carbocycles. The van der Waals surface area contributed by atoms with E-state index in [0.717, 1.165) is 5.56 Å². The molecule has 3 heterocycles. The van der Waals surface area contributed by atoms with Gasteiger partial charge in [0.2, 0.25) is 18.2 Å². The maximum atomic E-state index is 13.4. The normalized spacial score (nSPS) is 28.9. The van der Waals surface area contributed by atoms with Crippen LogP contribution in [0, 0.1) is 23.2 Å². The van der Waals surface area contributed by atoms with Gasteiger partial charge in [-0.15, -0.1) is 0 Å². The molecule has 1 aliphatic carbocycles. The zero-order valence-corrected chi connectivity index (χ0v) is 22.5. The summed E-state index contributed by atoms with van der Waals surface area (Å²) in [6.07, 6.45) is -2.42. The zero-order valence-electron chi connectivity index (χ0n) is 22.5. The number of pyridine rings is 1. The van der Waals surface area contributed by atoms with Crippen molar-refractivity contribution in [1.29, 1.82) is 5.26 Å². The van der Waals surface area contributed by atoms with E-state index in [0.29, 0.717) is 17.7 Å². The molecule has 1 aromatic heterocycles. The van der Waals surface area contributed by atoms with E-state index in [1.54, 1.807) is 30.3 Å². The number of rotatable bonds is 8. The summed E-state index contributed by atoms with van der Waals surface area (Å²) >= 11 is 0. The van der Waals surface area contributed by atoms with Crippen LogP contribution in [0.15, 0.2) is 60.7 Å². The van der Waals surface area contributed by atoms with E-state index in [9.17, 15) is 24.4 Å². The first kappa shape index (κ1) is 27.4. The molecule has 2 fully saturated rings. The van der Waals surface area contributed by atoms with E-state index in [-0.39, 0.29) is 36.2 Å². The van der Waals surface area contributed by atoms with Crippen molar-refractivity contribution in [3.63, 3.8) is 0 Å². The van der Waals surface area contributed by atoms with Crippen LogP contribution in [0.2, 0.25) is 0 Å². The highest BCUT2D eigenvalue weighted by Gasteiger charge is 2.77. The van der Waals surface area contributed by atoms with E-state index >= 15 is 0 Å². The van der Waals surface area contributed by atoms with Crippen molar-refractivity contribution in [2.75, 3.05) is 33.9 Å². The van der Waals surface area contributed by atoms with E-state index in [1.165, 1.54) is 14.2 Å². The van der Waals surface area contributed by atoms with Crippen LogP contribution < -0.4 is 19.7 Å². The number of aromatic nitrogens is 1. The topological polar surface area (TPSA) is 120 Å². The lowest BCUT2D eigenvalue weighted by Gasteiger charge is -2.43. The molecule has 3 aliphatic rings. The predicted octanol–water partition coefficient (Wildman–Crippen LogP) is 3.40. The smallest absolute Gasteiger partial charge is 0.243 e. The maximum absolute atomic E-state index is 13.4. The van der Waals surface area contributed by atoms with Crippen LogP contribution in [0.4, 0.5) is 8.78 Å². The Labute approximate surface area is 235 Å². The fraction of sp³-hybridized carbons (Fsp3) is 0.400. The molecule has 0 amide bonds. The summed E-state index contributed by atoms with van der Waals surface area (Å²) in [6.45, 7) is 0.706. The third-order valence-corrected chi connectivity index (χ3v) is 8.84. The van der Waals surface area contributed by atoms with Gasteiger partial charge in [0.15, 0.2) is 11.2 Å². The van der Waals surface area contributed by atoms with Crippen LogP contribution in [0.1, 0.15) is 28.2 Å². The Morgan fingerprint density at radius 2 is 1.85 bits per heavy atom. The van der Waals surface area contributed by atoms with Gasteiger partial charge in [0.1, 0.15) is 5.75 Å². The number of nitriles is 1. The Hall–Kier alpha value is -3.82. The molecule has 0 bridgehead atoms. The third-order valence-electron chi connectivity index (χ3n) is 8.84. The van der Waals surface area contributed by atoms with Crippen molar-refractivity contribution < 1.29 is 33.3 Å². The Balaban J connectivity index is 1.61. The minimum absolute atomic E-state index is 0.0618. The van der Waals surface area contributed by atoms with Gasteiger partial charge in [-0.3, -0.25) is 0 Å². The van der Waals surface area contributed by atoms with Crippen molar-refractivity contribution >= 4 is 0 Å². The number of alkyl halides is 2. The first-order valence-electron chi connectivity index (χ1n) is 13.3. The summed E-state index contributed by atoms with van der Waals surface area (Å²) in [6, 6.07) is 18.9. The van der Waals surface area contributed by atoms with Crippen molar-refractivity contribution in [2.45, 2.75) is 29.6 Å². The molecule has 2 aliphatic heterocycles. The van der Waals surface area contributed by atoms with Crippen LogP contribution in [-0.4, -0.2) is 66.5 Å². The molecular weight excluding hydrogens is 534 g/mol. The number of benzene rings is 2. The second-order valence-corrected chi connectivity index (χ2v) is 10.8. The number of nitrogens with zero attached hydrogens (tertiary/aromatic N) is 3. The monoisotopic (exact) mass is 564 g/mol. The van der Waals surface area contributed by atoms with Gasteiger partial charge in [0, 0.05) is 43.5 Å². The molecule has 0 radical (unpaired) electrons. The Bertz CT molecular complexity index is 1460. The van der Waals surface area contributed by atoms with Crippen LogP contribution in [0.3, 0.4) is 0 Å². The number of hydrogen-bond donors (Lipinski definition) is 3. The second-order valence-electron chi connectivity index (χ2n) is 10.8. The van der Waals surface area contributed by atoms with E-state index in [1.807, 2.05) is 35.2 Å². The highest BCUT2D eigenvalue weighted by molar-refractivity contribution is 5.60. The molecule has 11 heteroatoms. The van der Waals surface area contributed by atoms with Crippen LogP contribution in [0.5, 0.6) is 17.5 Å². The van der Waals surface area contributed by atoms with Gasteiger partial charge in [-0.25, -0.2) is 8.78 Å². The van der Waals surface area contributed by atoms with Gasteiger partial charge in [-0.2, -0.15) is 15.7 Å². The highest BCUT2D eigenvalue weighted by Crippen LogP contribution is 2.70. The van der Waals surface area contributed by atoms with E-state index in [2.05, 4.69) is 16.5 Å². The lowest BCUT2D eigenvalue weighted by molar-refractivity contribution is -0.133. The van der Waals surface area contributed by atoms with Crippen molar-refractivity contribution in [1.82, 2.24) is 15.4 Å². The van der Waals surface area contributed by atoms with Crippen molar-refractivity contribution in [3.05, 3.63) is 82.9 Å². The molecule has 6 rings (SSSR count). The van der Waals surface area contributed by atoms with E-state index < -0.39 is 41.4 Å². The lowest BCUT2D eigenvalue weighted by atomic mass is 9.70. The van der Waals surface area contributed by atoms with Gasteiger partial charge < -0.3 is 29.4 Å². The van der Waals surface area contributed by atoms with Crippen molar-refractivity contribution in [3.8, 4) is 23.6 Å². The molecule has 41 heavy (non-hydrogen) atoms. The molecule has 214 valence electrons. The number of halogens is 2. The number of fused-ring (bicyclic) bond motifs is 3. The van der Waals surface area contributed by atoms with Gasteiger partial charge in [0.05, 0.1) is 37.5 Å². The minimum atomic E-state index is -2.42. The number of ether oxygens (including phenoxy) is 3. The van der Waals surface area contributed by atoms with Crippen LogP contribution >= 0.6 is 0 Å². The van der Waals surface area contributed by atoms with Gasteiger partial charge in [0.25, 0.3) is 0 Å². The Kier molecular flexibility index (Phi) is 6.82. The number of likely N-dealkylation sites (tertiary alicyclic amines) is 1. The number of hydroxylamine groups is 1. The lowest BCUT2D eigenvalue weighted by Crippen LogP contribution is -2.57. The van der Waals surface area contributed by atoms with Gasteiger partial charge in [-0.05, 0) is 23.3 Å². The quantitative estimate of drug-likeness (QED) is 0.354. The summed E-state index contributed by atoms with van der Waals surface area (Å²) < 4.78 is 44.6. The molecule has 5 atom stereocenters. The van der Waals surface area contributed by atoms with Gasteiger partial charge >= 0.3 is 0 Å². The second kappa shape index (κ2) is 10.2. The SMILES string of the molecule is COc1cc2c(c(OC)n1)[C@]1(O)[C@H](NO)[C@H](CN3CC(C(F)F)C3)[C@@H](c3ccccc3)[C@]1(c1ccc(C#N)cc1)O2. The van der Waals surface area contributed by atoms with E-state index in [4.69, 9.17) is 14.2 Å². The molecule has 3 aromatic rings. The summed E-state index contributed by atoms with van der Waals surface area (Å²) in [5.41, 5.74) is 0.890. The summed E-state index contributed by atoms with van der Waals surface area (Å²) in [5, 5.41) is 33.3. The van der Waals surface area contributed by atoms with Crippen LogP contribution in [0.25, 0.3) is 0 Å². The average molecular weight is 565 g/mol. The fourth-order valence-electron chi connectivity index (χ4n) is 7.10. The molecular formula is C30H30F2N4O5. The first-order valence-corrected chi connectivity index (χ1v) is 13.3. The highest BCUT2D eigenvalue weighted by atomic mass is 19.3. The number of nitrogens with one attached hydrogen (secondary N) is 1. The number of hydrogen-bond acceptors (Lipinski definition) is 9. The molecule has 0 spiro atoms. The Morgan fingerprint density at radius 3 is 2.44 bits per heavy atom. The number of methoxy groups -OCH3 is 2. The minimum Gasteiger partial charge on any atom is -0.481 e.